The van der Waals surface area contributed by atoms with Gasteiger partial charge in [0.2, 0.25) is 0 Å². The summed E-state index contributed by atoms with van der Waals surface area (Å²) in [6.07, 6.45) is 3.00. The molecule has 0 aliphatic heterocycles. The number of ketones is 1. The van der Waals surface area contributed by atoms with Crippen molar-refractivity contribution in [1.82, 2.24) is 9.55 Å². The molecule has 0 bridgehead atoms. The molecule has 0 radical (unpaired) electrons. The Bertz CT molecular complexity index is 664. The Kier molecular flexibility index (Phi) is 3.60. The minimum atomic E-state index is -0.404. The number of Topliss-reactive ketones (excluding diaryl/α,β-unsaturated/α-hetero) is 1. The number of rotatable bonds is 3. The first-order chi connectivity index (χ1) is 8.99. The van der Waals surface area contributed by atoms with Crippen molar-refractivity contribution in [2.45, 2.75) is 27.3 Å². The van der Waals surface area contributed by atoms with Crippen LogP contribution in [-0.4, -0.2) is 15.3 Å². The van der Waals surface area contributed by atoms with Gasteiger partial charge < -0.3 is 0 Å². The van der Waals surface area contributed by atoms with Gasteiger partial charge in [-0.3, -0.25) is 9.36 Å². The molecule has 4 nitrogen and oxygen atoms in total. The predicted molar refractivity (Wildman–Crippen MR) is 73.5 cm³/mol. The van der Waals surface area contributed by atoms with Crippen LogP contribution in [0.4, 0.5) is 0 Å². The van der Waals surface area contributed by atoms with E-state index in [1.54, 1.807) is 12.3 Å². The first kappa shape index (κ1) is 13.2. The Morgan fingerprint density at radius 3 is 2.42 bits per heavy atom. The maximum absolute atomic E-state index is 12.3. The SMILES string of the molecule is Cc1cc(C)c(C(=O)Cn2cccnc2=O)c(C)c1. The molecule has 0 atom stereocenters. The zero-order chi connectivity index (χ0) is 14.0. The molecule has 0 spiro atoms. The zero-order valence-corrected chi connectivity index (χ0v) is 11.3. The fourth-order valence-electron chi connectivity index (χ4n) is 2.36. The highest BCUT2D eigenvalue weighted by Gasteiger charge is 2.13. The largest absolute Gasteiger partial charge is 0.347 e. The lowest BCUT2D eigenvalue weighted by molar-refractivity contribution is 0.0969. The van der Waals surface area contributed by atoms with Gasteiger partial charge in [-0.15, -0.1) is 0 Å². The molecule has 0 aliphatic carbocycles. The van der Waals surface area contributed by atoms with Gasteiger partial charge in [0, 0.05) is 18.0 Å². The van der Waals surface area contributed by atoms with Crippen LogP contribution in [0.1, 0.15) is 27.0 Å². The van der Waals surface area contributed by atoms with Crippen LogP contribution in [0.15, 0.2) is 35.4 Å². The van der Waals surface area contributed by atoms with E-state index in [2.05, 4.69) is 4.98 Å². The predicted octanol–water partition coefficient (Wildman–Crippen LogP) is 2.05. The third-order valence-electron chi connectivity index (χ3n) is 3.05. The first-order valence-electron chi connectivity index (χ1n) is 6.11. The van der Waals surface area contributed by atoms with Crippen LogP contribution < -0.4 is 5.69 Å². The molecule has 1 aromatic heterocycles. The maximum Gasteiger partial charge on any atom is 0.347 e. The van der Waals surface area contributed by atoms with Gasteiger partial charge in [0.15, 0.2) is 5.78 Å². The van der Waals surface area contributed by atoms with Crippen LogP contribution in [0.2, 0.25) is 0 Å². The topological polar surface area (TPSA) is 52.0 Å². The van der Waals surface area contributed by atoms with Crippen LogP contribution in [0.25, 0.3) is 0 Å². The van der Waals surface area contributed by atoms with E-state index in [0.717, 1.165) is 16.7 Å². The van der Waals surface area contributed by atoms with Gasteiger partial charge in [0.05, 0.1) is 6.54 Å². The molecule has 2 aromatic rings. The Labute approximate surface area is 111 Å². The molecule has 4 heteroatoms. The molecule has 0 amide bonds. The second-order valence-electron chi connectivity index (χ2n) is 4.73. The second kappa shape index (κ2) is 5.18. The lowest BCUT2D eigenvalue weighted by Gasteiger charge is -2.11. The smallest absolute Gasteiger partial charge is 0.292 e. The number of aromatic nitrogens is 2. The molecule has 1 aromatic carbocycles. The van der Waals surface area contributed by atoms with Crippen molar-refractivity contribution in [3.8, 4) is 0 Å². The van der Waals surface area contributed by atoms with E-state index in [1.165, 1.54) is 10.8 Å². The van der Waals surface area contributed by atoms with Gasteiger partial charge in [-0.1, -0.05) is 17.7 Å². The van der Waals surface area contributed by atoms with Crippen LogP contribution in [0, 0.1) is 20.8 Å². The lowest BCUT2D eigenvalue weighted by Crippen LogP contribution is -2.26. The molecule has 0 saturated carbocycles. The summed E-state index contributed by atoms with van der Waals surface area (Å²) in [4.78, 5) is 27.5. The van der Waals surface area contributed by atoms with E-state index in [4.69, 9.17) is 0 Å². The number of carbonyl (C=O) groups excluding carboxylic acids is 1. The fraction of sp³-hybridized carbons (Fsp3) is 0.267. The average Bonchev–Trinajstić information content (AvgIpc) is 2.30. The molecule has 0 N–H and O–H groups in total. The normalized spacial score (nSPS) is 10.5. The molecule has 19 heavy (non-hydrogen) atoms. The van der Waals surface area contributed by atoms with Crippen LogP contribution in [-0.2, 0) is 6.54 Å². The maximum atomic E-state index is 12.3. The average molecular weight is 256 g/mol. The molecule has 0 saturated heterocycles. The van der Waals surface area contributed by atoms with E-state index >= 15 is 0 Å². The van der Waals surface area contributed by atoms with Crippen LogP contribution >= 0.6 is 0 Å². The highest BCUT2D eigenvalue weighted by Crippen LogP contribution is 2.17. The van der Waals surface area contributed by atoms with Gasteiger partial charge in [-0.25, -0.2) is 9.78 Å². The van der Waals surface area contributed by atoms with Crippen molar-refractivity contribution in [3.05, 3.63) is 63.3 Å². The second-order valence-corrected chi connectivity index (χ2v) is 4.73. The van der Waals surface area contributed by atoms with Crippen molar-refractivity contribution in [3.63, 3.8) is 0 Å². The molecule has 98 valence electrons. The third-order valence-corrected chi connectivity index (χ3v) is 3.05. The van der Waals surface area contributed by atoms with E-state index in [9.17, 15) is 9.59 Å². The van der Waals surface area contributed by atoms with Crippen molar-refractivity contribution >= 4 is 5.78 Å². The Hall–Kier alpha value is -2.23. The quantitative estimate of drug-likeness (QED) is 0.790. The minimum Gasteiger partial charge on any atom is -0.292 e. The lowest BCUT2D eigenvalue weighted by atomic mass is 9.96. The zero-order valence-electron chi connectivity index (χ0n) is 11.3. The fourth-order valence-corrected chi connectivity index (χ4v) is 2.36. The summed E-state index contributed by atoms with van der Waals surface area (Å²) >= 11 is 0. The van der Waals surface area contributed by atoms with Crippen molar-refractivity contribution in [2.75, 3.05) is 0 Å². The van der Waals surface area contributed by atoms with Crippen molar-refractivity contribution in [1.29, 1.82) is 0 Å². The summed E-state index contributed by atoms with van der Waals surface area (Å²) in [6, 6.07) is 5.60. The Balaban J connectivity index is 2.36. The number of benzene rings is 1. The number of hydrogen-bond acceptors (Lipinski definition) is 3. The number of aryl methyl sites for hydroxylation is 3. The molecule has 2 rings (SSSR count). The Morgan fingerprint density at radius 1 is 1.21 bits per heavy atom. The highest BCUT2D eigenvalue weighted by molar-refractivity contribution is 5.98. The van der Waals surface area contributed by atoms with E-state index < -0.39 is 5.69 Å². The standard InChI is InChI=1S/C15H16N2O2/c1-10-7-11(2)14(12(3)8-10)13(18)9-17-6-4-5-16-15(17)19/h4-8H,9H2,1-3H3. The molecular formula is C15H16N2O2. The number of nitrogens with zero attached hydrogens (tertiary/aromatic N) is 2. The summed E-state index contributed by atoms with van der Waals surface area (Å²) in [5, 5.41) is 0. The van der Waals surface area contributed by atoms with Gasteiger partial charge in [-0.2, -0.15) is 0 Å². The monoisotopic (exact) mass is 256 g/mol. The Morgan fingerprint density at radius 2 is 1.84 bits per heavy atom. The summed E-state index contributed by atoms with van der Waals surface area (Å²) in [5.41, 5.74) is 3.31. The van der Waals surface area contributed by atoms with E-state index in [1.807, 2.05) is 32.9 Å². The van der Waals surface area contributed by atoms with Gasteiger partial charge in [-0.05, 0) is 38.0 Å². The van der Waals surface area contributed by atoms with E-state index in [0.29, 0.717) is 5.56 Å². The molecule has 0 unspecified atom stereocenters. The third kappa shape index (κ3) is 2.78. The molecular weight excluding hydrogens is 240 g/mol. The number of hydrogen-bond donors (Lipinski definition) is 0. The highest BCUT2D eigenvalue weighted by atomic mass is 16.2. The summed E-state index contributed by atoms with van der Waals surface area (Å²) in [7, 11) is 0. The van der Waals surface area contributed by atoms with Crippen molar-refractivity contribution in [2.24, 2.45) is 0 Å². The van der Waals surface area contributed by atoms with Crippen LogP contribution in [0.3, 0.4) is 0 Å². The summed E-state index contributed by atoms with van der Waals surface area (Å²) in [6.45, 7) is 5.86. The van der Waals surface area contributed by atoms with Gasteiger partial charge >= 0.3 is 5.69 Å². The van der Waals surface area contributed by atoms with Gasteiger partial charge in [0.25, 0.3) is 0 Å². The molecule has 0 aliphatic rings. The molecule has 1 heterocycles. The van der Waals surface area contributed by atoms with Crippen molar-refractivity contribution < 1.29 is 4.79 Å². The molecule has 0 fully saturated rings. The summed E-state index contributed by atoms with van der Waals surface area (Å²) in [5.74, 6) is -0.0647. The number of carbonyl (C=O) groups is 1. The van der Waals surface area contributed by atoms with Gasteiger partial charge in [0.1, 0.15) is 0 Å². The van der Waals surface area contributed by atoms with E-state index in [-0.39, 0.29) is 12.3 Å². The minimum absolute atomic E-state index is 0.0252. The van der Waals surface area contributed by atoms with Crippen LogP contribution in [0.5, 0.6) is 0 Å². The summed E-state index contributed by atoms with van der Waals surface area (Å²) < 4.78 is 1.32. The first-order valence-corrected chi connectivity index (χ1v) is 6.11.